The Hall–Kier alpha value is -2.58. The zero-order valence-electron chi connectivity index (χ0n) is 24.5. The molecule has 2 saturated heterocycles. The zero-order chi connectivity index (χ0) is 28.5. The molecule has 2 aromatic rings. The Bertz CT molecular complexity index is 1170. The average molecular weight is 589 g/mol. The molecule has 7 nitrogen and oxygen atoms in total. The highest BCUT2D eigenvalue weighted by Gasteiger charge is 2.50. The minimum atomic E-state index is -0.510. The number of hydrogen-bond donors (Lipinski definition) is 1. The predicted molar refractivity (Wildman–Crippen MR) is 163 cm³/mol. The van der Waals surface area contributed by atoms with E-state index in [9.17, 15) is 9.59 Å². The number of nitrogens with one attached hydrogen (secondary N) is 1. The number of aromatic nitrogens is 2. The Labute approximate surface area is 237 Å². The summed E-state index contributed by atoms with van der Waals surface area (Å²) in [6, 6.07) is 8.40. The maximum Gasteiger partial charge on any atom is 0.286 e. The molecular formula is C30H46BrN5O2. The van der Waals surface area contributed by atoms with Gasteiger partial charge < -0.3 is 10.2 Å². The third kappa shape index (κ3) is 6.34. The molecule has 1 amide bonds. The number of rotatable bonds is 6. The first kappa shape index (κ1) is 31.6. The fourth-order valence-electron chi connectivity index (χ4n) is 5.12. The number of carbonyl (C=O) groups excluding carboxylic acids is 1. The van der Waals surface area contributed by atoms with Crippen LogP contribution in [0.1, 0.15) is 72.1 Å². The lowest BCUT2D eigenvalue weighted by atomic mass is 9.85. The number of allylic oxidation sites excluding steroid dienone is 4. The van der Waals surface area contributed by atoms with Crippen LogP contribution in [0.3, 0.4) is 0 Å². The summed E-state index contributed by atoms with van der Waals surface area (Å²) in [5.41, 5.74) is 3.55. The van der Waals surface area contributed by atoms with Crippen molar-refractivity contribution in [2.24, 2.45) is 7.05 Å². The second-order valence-corrected chi connectivity index (χ2v) is 9.97. The molecule has 0 bridgehead atoms. The SMILES string of the molecule is C/C=C\C(=C/CC)n1c(=O)c(Br)c(CN2CCC3(CC2)C(=O)NCN3c2ccc(C)cc2)n1C.CC.CC. The van der Waals surface area contributed by atoms with E-state index in [-0.39, 0.29) is 11.5 Å². The number of piperidine rings is 1. The summed E-state index contributed by atoms with van der Waals surface area (Å²) in [6.07, 6.45) is 8.31. The van der Waals surface area contributed by atoms with Crippen LogP contribution in [0.4, 0.5) is 5.69 Å². The first-order valence-electron chi connectivity index (χ1n) is 14.0. The van der Waals surface area contributed by atoms with Crippen LogP contribution in [0.15, 0.2) is 51.8 Å². The number of likely N-dealkylation sites (tertiary alicyclic amines) is 1. The Morgan fingerprint density at radius 1 is 1.08 bits per heavy atom. The molecule has 2 aliphatic rings. The number of benzene rings is 1. The zero-order valence-corrected chi connectivity index (χ0v) is 26.1. The fraction of sp³-hybridized carbons (Fsp3) is 0.533. The fourth-order valence-corrected chi connectivity index (χ4v) is 5.67. The van der Waals surface area contributed by atoms with Crippen LogP contribution in [-0.2, 0) is 18.4 Å². The minimum Gasteiger partial charge on any atom is -0.339 e. The third-order valence-corrected chi connectivity index (χ3v) is 7.86. The highest BCUT2D eigenvalue weighted by atomic mass is 79.9. The number of amides is 1. The van der Waals surface area contributed by atoms with Crippen molar-refractivity contribution >= 4 is 33.2 Å². The van der Waals surface area contributed by atoms with Crippen LogP contribution in [0, 0.1) is 6.92 Å². The summed E-state index contributed by atoms with van der Waals surface area (Å²) in [4.78, 5) is 30.6. The van der Waals surface area contributed by atoms with Gasteiger partial charge in [-0.3, -0.25) is 19.2 Å². The van der Waals surface area contributed by atoms with Gasteiger partial charge in [0.15, 0.2) is 0 Å². The molecule has 3 heterocycles. The molecule has 0 unspecified atom stereocenters. The molecule has 38 heavy (non-hydrogen) atoms. The first-order valence-corrected chi connectivity index (χ1v) is 14.8. The molecule has 0 atom stereocenters. The predicted octanol–water partition coefficient (Wildman–Crippen LogP) is 6.07. The summed E-state index contributed by atoms with van der Waals surface area (Å²) in [6.45, 7) is 16.9. The van der Waals surface area contributed by atoms with Gasteiger partial charge in [0.05, 0.1) is 18.1 Å². The van der Waals surface area contributed by atoms with Crippen LogP contribution in [0.5, 0.6) is 0 Å². The van der Waals surface area contributed by atoms with Crippen molar-refractivity contribution < 1.29 is 4.79 Å². The maximum absolute atomic E-state index is 13.1. The molecular weight excluding hydrogens is 542 g/mol. The second-order valence-electron chi connectivity index (χ2n) is 9.17. The lowest BCUT2D eigenvalue weighted by Gasteiger charge is -2.43. The number of carbonyl (C=O) groups is 1. The van der Waals surface area contributed by atoms with E-state index in [0.29, 0.717) is 17.7 Å². The van der Waals surface area contributed by atoms with Crippen molar-refractivity contribution in [3.05, 3.63) is 68.6 Å². The van der Waals surface area contributed by atoms with Gasteiger partial charge in [-0.2, -0.15) is 0 Å². The van der Waals surface area contributed by atoms with E-state index in [1.807, 2.05) is 58.5 Å². The average Bonchev–Trinajstić information content (AvgIpc) is 3.36. The Morgan fingerprint density at radius 3 is 2.24 bits per heavy atom. The summed E-state index contributed by atoms with van der Waals surface area (Å²) in [7, 11) is 1.93. The highest BCUT2D eigenvalue weighted by Crippen LogP contribution is 2.37. The number of nitrogens with zero attached hydrogens (tertiary/aromatic N) is 4. The van der Waals surface area contributed by atoms with Crippen molar-refractivity contribution in [2.45, 2.75) is 79.8 Å². The summed E-state index contributed by atoms with van der Waals surface area (Å²) < 4.78 is 4.26. The van der Waals surface area contributed by atoms with Gasteiger partial charge in [-0.25, -0.2) is 4.68 Å². The highest BCUT2D eigenvalue weighted by molar-refractivity contribution is 9.10. The van der Waals surface area contributed by atoms with Gasteiger partial charge in [0, 0.05) is 32.4 Å². The van der Waals surface area contributed by atoms with Gasteiger partial charge in [-0.1, -0.05) is 64.5 Å². The van der Waals surface area contributed by atoms with Crippen LogP contribution >= 0.6 is 15.9 Å². The van der Waals surface area contributed by atoms with E-state index in [1.165, 1.54) is 5.56 Å². The van der Waals surface area contributed by atoms with E-state index in [1.54, 1.807) is 4.68 Å². The number of anilines is 1. The van der Waals surface area contributed by atoms with E-state index >= 15 is 0 Å². The van der Waals surface area contributed by atoms with E-state index < -0.39 is 5.54 Å². The van der Waals surface area contributed by atoms with E-state index in [0.717, 1.165) is 49.4 Å². The summed E-state index contributed by atoms with van der Waals surface area (Å²) in [5.74, 6) is 0.119. The standard InChI is InChI=1S/C26H34BrN5O2.2C2H6/c1-5-7-21(8-6-2)32-24(33)23(27)22(29(32)4)17-30-15-13-26(14-16-30)25(34)28-18-31(26)20-11-9-19(3)10-12-20;2*1-2/h5,7-12H,6,13-18H2,1-4H3,(H,28,34);2*1-2H3/b7-5-,21-8+;;. The van der Waals surface area contributed by atoms with Crippen molar-refractivity contribution in [3.8, 4) is 0 Å². The van der Waals surface area contributed by atoms with Crippen molar-refractivity contribution in [1.82, 2.24) is 19.6 Å². The largest absolute Gasteiger partial charge is 0.339 e. The van der Waals surface area contributed by atoms with Gasteiger partial charge in [-0.05, 0) is 67.2 Å². The smallest absolute Gasteiger partial charge is 0.286 e. The molecule has 2 fully saturated rings. The van der Waals surface area contributed by atoms with Gasteiger partial charge in [-0.15, -0.1) is 0 Å². The molecule has 4 rings (SSSR count). The molecule has 1 spiro atoms. The van der Waals surface area contributed by atoms with E-state index in [2.05, 4.69) is 75.2 Å². The third-order valence-electron chi connectivity index (χ3n) is 7.06. The lowest BCUT2D eigenvalue weighted by Crippen LogP contribution is -2.56. The molecule has 8 heteroatoms. The Morgan fingerprint density at radius 2 is 1.68 bits per heavy atom. The number of hydrogen-bond acceptors (Lipinski definition) is 4. The van der Waals surface area contributed by atoms with Crippen LogP contribution in [0.25, 0.3) is 5.70 Å². The van der Waals surface area contributed by atoms with Gasteiger partial charge in [0.1, 0.15) is 10.0 Å². The molecule has 1 aromatic carbocycles. The Balaban J connectivity index is 0.00000121. The molecule has 0 saturated carbocycles. The second kappa shape index (κ2) is 14.5. The molecule has 210 valence electrons. The number of halogens is 1. The quantitative estimate of drug-likeness (QED) is 0.417. The lowest BCUT2D eigenvalue weighted by molar-refractivity contribution is -0.125. The maximum atomic E-state index is 13.1. The monoisotopic (exact) mass is 587 g/mol. The van der Waals surface area contributed by atoms with Crippen molar-refractivity contribution in [3.63, 3.8) is 0 Å². The summed E-state index contributed by atoms with van der Waals surface area (Å²) in [5, 5.41) is 3.07. The molecule has 1 aromatic heterocycles. The minimum absolute atomic E-state index is 0.0514. The van der Waals surface area contributed by atoms with E-state index in [4.69, 9.17) is 0 Å². The van der Waals surface area contributed by atoms with Crippen molar-refractivity contribution in [2.75, 3.05) is 24.7 Å². The number of aryl methyl sites for hydroxylation is 1. The Kier molecular flexibility index (Phi) is 12.1. The van der Waals surface area contributed by atoms with Gasteiger partial charge in [0.2, 0.25) is 5.91 Å². The molecule has 2 aliphatic heterocycles. The van der Waals surface area contributed by atoms with Gasteiger partial charge in [0.25, 0.3) is 5.56 Å². The van der Waals surface area contributed by atoms with Gasteiger partial charge >= 0.3 is 0 Å². The molecule has 0 radical (unpaired) electrons. The topological polar surface area (TPSA) is 62.5 Å². The molecule has 1 N–H and O–H groups in total. The van der Waals surface area contributed by atoms with Crippen molar-refractivity contribution in [1.29, 1.82) is 0 Å². The summed E-state index contributed by atoms with van der Waals surface area (Å²) >= 11 is 3.56. The molecule has 0 aliphatic carbocycles. The normalized spacial score (nSPS) is 17.2. The van der Waals surface area contributed by atoms with Crippen LogP contribution < -0.4 is 15.8 Å². The van der Waals surface area contributed by atoms with Crippen LogP contribution in [-0.4, -0.2) is 45.5 Å². The first-order chi connectivity index (χ1) is 18.3. The van der Waals surface area contributed by atoms with Crippen LogP contribution in [0.2, 0.25) is 0 Å².